The average Bonchev–Trinajstić information content (AvgIpc) is 2.69. The number of urea groups is 1. The number of imide groups is 1. The van der Waals surface area contributed by atoms with Crippen LogP contribution in [0.1, 0.15) is 5.56 Å². The van der Waals surface area contributed by atoms with Crippen LogP contribution in [-0.2, 0) is 14.3 Å². The van der Waals surface area contributed by atoms with Crippen molar-refractivity contribution in [2.24, 2.45) is 0 Å². The molecule has 2 rings (SSSR count). The summed E-state index contributed by atoms with van der Waals surface area (Å²) in [6.45, 7) is -0.408. The first-order valence-corrected chi connectivity index (χ1v) is 6.48. The summed E-state index contributed by atoms with van der Waals surface area (Å²) in [5.74, 6) is -1.22. The van der Waals surface area contributed by atoms with Gasteiger partial charge in [-0.15, -0.1) is 0 Å². The van der Waals surface area contributed by atoms with Crippen molar-refractivity contribution in [2.75, 3.05) is 13.7 Å². The number of amides is 3. The smallest absolute Gasteiger partial charge is 0.329 e. The second-order valence-electron chi connectivity index (χ2n) is 3.98. The predicted molar refractivity (Wildman–Crippen MR) is 74.4 cm³/mol. The Labute approximate surface area is 123 Å². The Morgan fingerprint density at radius 1 is 1.40 bits per heavy atom. The number of nitrogens with zero attached hydrogens (tertiary/aromatic N) is 1. The van der Waals surface area contributed by atoms with Crippen molar-refractivity contribution in [3.05, 3.63) is 40.0 Å². The van der Waals surface area contributed by atoms with Crippen molar-refractivity contribution in [1.82, 2.24) is 10.2 Å². The molecule has 0 unspecified atom stereocenters. The minimum absolute atomic E-state index is 0.116. The molecule has 3 amide bonds. The Morgan fingerprint density at radius 2 is 2.10 bits per heavy atom. The zero-order valence-electron chi connectivity index (χ0n) is 10.6. The van der Waals surface area contributed by atoms with Gasteiger partial charge in [0, 0.05) is 4.47 Å². The molecule has 0 saturated carbocycles. The van der Waals surface area contributed by atoms with Crippen LogP contribution in [0, 0.1) is 0 Å². The molecular formula is C13H11BrN2O4. The van der Waals surface area contributed by atoms with Crippen molar-refractivity contribution in [1.29, 1.82) is 0 Å². The second-order valence-corrected chi connectivity index (χ2v) is 4.83. The van der Waals surface area contributed by atoms with E-state index in [0.717, 1.165) is 14.9 Å². The highest BCUT2D eigenvalue weighted by atomic mass is 79.9. The van der Waals surface area contributed by atoms with E-state index < -0.39 is 24.5 Å². The summed E-state index contributed by atoms with van der Waals surface area (Å²) in [4.78, 5) is 35.6. The standard InChI is InChI=1S/C13H11BrN2O4/c1-20-11(17)7-16-12(18)10(15-13(16)19)6-8-4-2-3-5-9(8)14/h2-6H,7H2,1H3,(H,15,19)/b10-6+. The molecule has 0 bridgehead atoms. The molecule has 1 fully saturated rings. The highest BCUT2D eigenvalue weighted by Crippen LogP contribution is 2.20. The Hall–Kier alpha value is -2.15. The van der Waals surface area contributed by atoms with E-state index in [9.17, 15) is 14.4 Å². The number of methoxy groups -OCH3 is 1. The van der Waals surface area contributed by atoms with Crippen LogP contribution in [-0.4, -0.2) is 36.5 Å². The lowest BCUT2D eigenvalue weighted by Crippen LogP contribution is -2.36. The number of hydrogen-bond acceptors (Lipinski definition) is 4. The van der Waals surface area contributed by atoms with Crippen LogP contribution >= 0.6 is 15.9 Å². The summed E-state index contributed by atoms with van der Waals surface area (Å²) in [6.07, 6.45) is 1.54. The van der Waals surface area contributed by atoms with E-state index in [2.05, 4.69) is 26.0 Å². The summed E-state index contributed by atoms with van der Waals surface area (Å²) in [6, 6.07) is 6.62. The Kier molecular flexibility index (Phi) is 4.19. The number of benzene rings is 1. The molecule has 1 saturated heterocycles. The topological polar surface area (TPSA) is 75.7 Å². The summed E-state index contributed by atoms with van der Waals surface area (Å²) >= 11 is 3.35. The maximum Gasteiger partial charge on any atom is 0.329 e. The minimum Gasteiger partial charge on any atom is -0.468 e. The van der Waals surface area contributed by atoms with E-state index in [4.69, 9.17) is 0 Å². The van der Waals surface area contributed by atoms with Gasteiger partial charge in [0.15, 0.2) is 0 Å². The molecule has 0 radical (unpaired) electrons. The third kappa shape index (κ3) is 2.88. The lowest BCUT2D eigenvalue weighted by molar-refractivity contribution is -0.143. The average molecular weight is 339 g/mol. The summed E-state index contributed by atoms with van der Waals surface area (Å²) in [5, 5.41) is 2.43. The molecule has 1 N–H and O–H groups in total. The third-order valence-electron chi connectivity index (χ3n) is 2.68. The lowest BCUT2D eigenvalue weighted by Gasteiger charge is -2.09. The van der Waals surface area contributed by atoms with Crippen LogP contribution in [0.25, 0.3) is 6.08 Å². The number of nitrogens with one attached hydrogen (secondary N) is 1. The van der Waals surface area contributed by atoms with Gasteiger partial charge in [0.25, 0.3) is 5.91 Å². The summed E-state index contributed by atoms with van der Waals surface area (Å²) < 4.78 is 5.23. The van der Waals surface area contributed by atoms with Crippen molar-refractivity contribution < 1.29 is 19.1 Å². The van der Waals surface area contributed by atoms with Crippen LogP contribution < -0.4 is 5.32 Å². The SMILES string of the molecule is COC(=O)CN1C(=O)N/C(=C/c2ccccc2Br)C1=O. The number of carbonyl (C=O) groups is 3. The number of rotatable bonds is 3. The molecule has 1 aromatic carbocycles. The van der Waals surface area contributed by atoms with Crippen molar-refractivity contribution in [3.8, 4) is 0 Å². The largest absolute Gasteiger partial charge is 0.468 e. The number of halogens is 1. The number of carbonyl (C=O) groups excluding carboxylic acids is 3. The molecule has 1 heterocycles. The first-order valence-electron chi connectivity index (χ1n) is 5.69. The van der Waals surface area contributed by atoms with Gasteiger partial charge < -0.3 is 10.1 Å². The van der Waals surface area contributed by atoms with E-state index in [1.165, 1.54) is 7.11 Å². The van der Waals surface area contributed by atoms with E-state index >= 15 is 0 Å². The van der Waals surface area contributed by atoms with Crippen molar-refractivity contribution in [3.63, 3.8) is 0 Å². The number of ether oxygens (including phenoxy) is 1. The summed E-state index contributed by atoms with van der Waals surface area (Å²) in [5.41, 5.74) is 0.863. The fraction of sp³-hybridized carbons (Fsp3) is 0.154. The van der Waals surface area contributed by atoms with Crippen LogP contribution in [0.15, 0.2) is 34.4 Å². The summed E-state index contributed by atoms with van der Waals surface area (Å²) in [7, 11) is 1.19. The van der Waals surface area contributed by atoms with Crippen molar-refractivity contribution >= 4 is 39.9 Å². The first-order chi connectivity index (χ1) is 9.52. The van der Waals surface area contributed by atoms with Gasteiger partial charge in [0.1, 0.15) is 12.2 Å². The molecule has 0 atom stereocenters. The van der Waals surface area contributed by atoms with Gasteiger partial charge in [-0.2, -0.15) is 0 Å². The van der Waals surface area contributed by atoms with E-state index in [1.807, 2.05) is 18.2 Å². The van der Waals surface area contributed by atoms with Crippen LogP contribution in [0.4, 0.5) is 4.79 Å². The fourth-order valence-electron chi connectivity index (χ4n) is 1.66. The molecule has 1 aromatic rings. The van der Waals surface area contributed by atoms with Crippen LogP contribution in [0.2, 0.25) is 0 Å². The van der Waals surface area contributed by atoms with E-state index in [0.29, 0.717) is 0 Å². The van der Waals surface area contributed by atoms with Crippen LogP contribution in [0.5, 0.6) is 0 Å². The molecular weight excluding hydrogens is 328 g/mol. The Balaban J connectivity index is 2.24. The molecule has 20 heavy (non-hydrogen) atoms. The molecule has 1 aliphatic rings. The van der Waals surface area contributed by atoms with E-state index in [1.54, 1.807) is 12.1 Å². The Morgan fingerprint density at radius 3 is 2.75 bits per heavy atom. The minimum atomic E-state index is -0.657. The molecule has 0 aliphatic carbocycles. The van der Waals surface area contributed by atoms with Gasteiger partial charge in [0.05, 0.1) is 7.11 Å². The van der Waals surface area contributed by atoms with Gasteiger partial charge in [-0.05, 0) is 17.7 Å². The molecule has 0 spiro atoms. The predicted octanol–water partition coefficient (Wildman–Crippen LogP) is 1.51. The monoisotopic (exact) mass is 338 g/mol. The normalized spacial score (nSPS) is 16.5. The zero-order chi connectivity index (χ0) is 14.7. The lowest BCUT2D eigenvalue weighted by atomic mass is 10.2. The highest BCUT2D eigenvalue weighted by Gasteiger charge is 2.35. The van der Waals surface area contributed by atoms with Gasteiger partial charge in [-0.1, -0.05) is 34.1 Å². The third-order valence-corrected chi connectivity index (χ3v) is 3.40. The second kappa shape index (κ2) is 5.87. The van der Waals surface area contributed by atoms with Gasteiger partial charge in [-0.3, -0.25) is 9.59 Å². The maximum absolute atomic E-state index is 12.0. The van der Waals surface area contributed by atoms with E-state index in [-0.39, 0.29) is 5.70 Å². The van der Waals surface area contributed by atoms with Gasteiger partial charge in [0.2, 0.25) is 0 Å². The highest BCUT2D eigenvalue weighted by molar-refractivity contribution is 9.10. The maximum atomic E-state index is 12.0. The van der Waals surface area contributed by atoms with Gasteiger partial charge in [-0.25, -0.2) is 9.69 Å². The molecule has 1 aliphatic heterocycles. The molecule has 6 nitrogen and oxygen atoms in total. The molecule has 7 heteroatoms. The fourth-order valence-corrected chi connectivity index (χ4v) is 2.06. The van der Waals surface area contributed by atoms with Crippen molar-refractivity contribution in [2.45, 2.75) is 0 Å². The quantitative estimate of drug-likeness (QED) is 0.515. The Bertz CT molecular complexity index is 612. The van der Waals surface area contributed by atoms with Gasteiger partial charge >= 0.3 is 12.0 Å². The number of hydrogen-bond donors (Lipinski definition) is 1. The number of esters is 1. The molecule has 0 aromatic heterocycles. The van der Waals surface area contributed by atoms with Crippen LogP contribution in [0.3, 0.4) is 0 Å². The first kappa shape index (κ1) is 14.3. The zero-order valence-corrected chi connectivity index (χ0v) is 12.1. The molecule has 104 valence electrons.